The molecule has 0 fully saturated rings. The van der Waals surface area contributed by atoms with Gasteiger partial charge in [-0.25, -0.2) is 4.79 Å². The zero-order chi connectivity index (χ0) is 41.2. The number of hydrogen-bond donors (Lipinski definition) is 1. The Morgan fingerprint density at radius 2 is 1.38 bits per heavy atom. The van der Waals surface area contributed by atoms with Crippen molar-refractivity contribution in [3.05, 3.63) is 130 Å². The lowest BCUT2D eigenvalue weighted by atomic mass is 9.88. The maximum Gasteiger partial charge on any atom is 0.346 e. The van der Waals surface area contributed by atoms with E-state index >= 15 is 0 Å². The van der Waals surface area contributed by atoms with Gasteiger partial charge in [0.2, 0.25) is 0 Å². The molecule has 0 saturated carbocycles. The highest BCUT2D eigenvalue weighted by atomic mass is 32.1. The Hall–Kier alpha value is -5.82. The Bertz CT molecular complexity index is 2350. The van der Waals surface area contributed by atoms with Gasteiger partial charge in [-0.1, -0.05) is 57.7 Å². The molecule has 298 valence electrons. The Kier molecular flexibility index (Phi) is 14.1. The summed E-state index contributed by atoms with van der Waals surface area (Å²) >= 11 is 3.38. The maximum atomic E-state index is 11.6. The largest absolute Gasteiger partial charge is 0.497 e. The van der Waals surface area contributed by atoms with Crippen LogP contribution < -0.4 is 14.4 Å². The van der Waals surface area contributed by atoms with Gasteiger partial charge < -0.3 is 24.0 Å². The molecule has 0 atom stereocenters. The van der Waals surface area contributed by atoms with Crippen molar-refractivity contribution in [2.75, 3.05) is 19.1 Å². The van der Waals surface area contributed by atoms with Crippen molar-refractivity contribution in [2.24, 2.45) is 7.05 Å². The highest BCUT2D eigenvalue weighted by molar-refractivity contribution is 7.24. The van der Waals surface area contributed by atoms with Crippen LogP contribution in [0.15, 0.2) is 103 Å². The van der Waals surface area contributed by atoms with Gasteiger partial charge >= 0.3 is 5.97 Å². The van der Waals surface area contributed by atoms with E-state index < -0.39 is 5.97 Å². The van der Waals surface area contributed by atoms with Gasteiger partial charge in [-0.05, 0) is 139 Å². The molecule has 3 heterocycles. The van der Waals surface area contributed by atoms with Gasteiger partial charge in [0.05, 0.1) is 24.8 Å². The third-order valence-corrected chi connectivity index (χ3v) is 13.0. The first-order chi connectivity index (χ1) is 28.2. The van der Waals surface area contributed by atoms with Gasteiger partial charge in [0.15, 0.2) is 0 Å². The topological polar surface area (TPSA) is 87.7 Å². The molecule has 0 aliphatic rings. The van der Waals surface area contributed by atoms with Crippen molar-refractivity contribution in [1.82, 2.24) is 4.57 Å². The van der Waals surface area contributed by atoms with Crippen molar-refractivity contribution in [1.29, 1.82) is 5.26 Å². The van der Waals surface area contributed by atoms with Crippen LogP contribution >= 0.6 is 22.7 Å². The smallest absolute Gasteiger partial charge is 0.346 e. The third kappa shape index (κ3) is 9.64. The van der Waals surface area contributed by atoms with Crippen molar-refractivity contribution >= 4 is 63.9 Å². The summed E-state index contributed by atoms with van der Waals surface area (Å²) in [5.41, 5.74) is 8.62. The molecule has 0 spiro atoms. The van der Waals surface area contributed by atoms with Gasteiger partial charge in [-0.15, -0.1) is 22.7 Å². The number of nitrogens with zero attached hydrogens (tertiary/aromatic N) is 3. The Morgan fingerprint density at radius 3 is 1.90 bits per heavy atom. The fourth-order valence-electron chi connectivity index (χ4n) is 7.22. The molecule has 7 nitrogen and oxygen atoms in total. The fourth-order valence-corrected chi connectivity index (χ4v) is 9.86. The minimum atomic E-state index is -1.21. The van der Waals surface area contributed by atoms with E-state index in [1.165, 1.54) is 34.2 Å². The van der Waals surface area contributed by atoms with Gasteiger partial charge in [-0.3, -0.25) is 0 Å². The molecule has 0 bridgehead atoms. The summed E-state index contributed by atoms with van der Waals surface area (Å²) in [6, 6.07) is 35.3. The second kappa shape index (κ2) is 19.6. The number of benzene rings is 3. The number of thiophene rings is 2. The van der Waals surface area contributed by atoms with Gasteiger partial charge in [0.1, 0.15) is 23.1 Å². The van der Waals surface area contributed by atoms with Crippen LogP contribution in [-0.2, 0) is 11.8 Å². The number of anilines is 3. The van der Waals surface area contributed by atoms with Gasteiger partial charge in [0, 0.05) is 44.4 Å². The number of rotatable bonds is 18. The summed E-state index contributed by atoms with van der Waals surface area (Å²) in [5.74, 6) is 0.836. The maximum absolute atomic E-state index is 11.6. The first kappa shape index (κ1) is 41.8. The molecule has 9 heteroatoms. The molecule has 0 aliphatic carbocycles. The number of unbranched alkanes of at least 4 members (excludes halogenated alkanes) is 2. The molecule has 6 rings (SSSR count). The third-order valence-electron chi connectivity index (χ3n) is 10.5. The molecule has 0 amide bonds. The number of aryl methyl sites for hydroxylation is 1. The lowest BCUT2D eigenvalue weighted by molar-refractivity contribution is -0.132. The highest BCUT2D eigenvalue weighted by Crippen LogP contribution is 2.48. The van der Waals surface area contributed by atoms with Gasteiger partial charge in [0.25, 0.3) is 0 Å². The standard InChI is InChI=1S/C49H51N3O4S2/c1-7-9-11-35(12-10-8-2)44-31-46(58-48(44)47-33(3)29-43(57-47)30-36(32-50)49(53)54)45-28-23-37(51(45)4)16-13-34-14-17-38(18-15-34)52(39-19-24-41(55-5)25-20-39)40-21-26-42(56-6)27-22-40/h13-31,35H,7-12H2,1-6H3,(H,53,54). The number of methoxy groups -OCH3 is 2. The van der Waals surface area contributed by atoms with E-state index in [0.717, 1.165) is 86.5 Å². The van der Waals surface area contributed by atoms with E-state index in [4.69, 9.17) is 9.47 Å². The predicted molar refractivity (Wildman–Crippen MR) is 243 cm³/mol. The first-order valence-corrected chi connectivity index (χ1v) is 21.4. The predicted octanol–water partition coefficient (Wildman–Crippen LogP) is 13.9. The van der Waals surface area contributed by atoms with Crippen LogP contribution in [0.1, 0.15) is 85.6 Å². The van der Waals surface area contributed by atoms with Crippen molar-refractivity contribution in [2.45, 2.75) is 65.2 Å². The van der Waals surface area contributed by atoms with E-state index in [1.807, 2.05) is 47.7 Å². The molecular weight excluding hydrogens is 759 g/mol. The Balaban J connectivity index is 1.31. The Morgan fingerprint density at radius 1 is 0.810 bits per heavy atom. The number of hydrogen-bond acceptors (Lipinski definition) is 7. The van der Waals surface area contributed by atoms with Crippen molar-refractivity contribution in [3.63, 3.8) is 0 Å². The zero-order valence-corrected chi connectivity index (χ0v) is 35.8. The number of aromatic nitrogens is 1. The summed E-state index contributed by atoms with van der Waals surface area (Å²) in [4.78, 5) is 18.2. The lowest BCUT2D eigenvalue weighted by Gasteiger charge is -2.26. The van der Waals surface area contributed by atoms with Crippen LogP contribution in [-0.4, -0.2) is 29.9 Å². The lowest BCUT2D eigenvalue weighted by Crippen LogP contribution is -2.09. The fraction of sp³-hybridized carbons (Fsp3) is 0.265. The number of aliphatic carboxylic acids is 1. The van der Waals surface area contributed by atoms with Crippen LogP contribution in [0.25, 0.3) is 38.6 Å². The monoisotopic (exact) mass is 809 g/mol. The SMILES string of the molecule is CCCCC(CCCC)c1cc(-c2ccc(C=Cc3ccc(N(c4ccc(OC)cc4)c4ccc(OC)cc4)cc3)n2C)sc1-c1sc(C=C(C#N)C(=O)O)cc1C. The molecule has 0 unspecified atom stereocenters. The summed E-state index contributed by atoms with van der Waals surface area (Å²) < 4.78 is 13.1. The first-order valence-electron chi connectivity index (χ1n) is 19.8. The molecule has 3 aromatic carbocycles. The highest BCUT2D eigenvalue weighted by Gasteiger charge is 2.24. The number of nitriles is 1. The summed E-state index contributed by atoms with van der Waals surface area (Å²) in [6.45, 7) is 6.59. The van der Waals surface area contributed by atoms with Gasteiger partial charge in [-0.2, -0.15) is 5.26 Å². The number of carbonyl (C=O) groups is 1. The van der Waals surface area contributed by atoms with Crippen molar-refractivity contribution in [3.8, 4) is 37.9 Å². The number of ether oxygens (including phenoxy) is 2. The van der Waals surface area contributed by atoms with Crippen LogP contribution in [0, 0.1) is 18.3 Å². The molecule has 0 aliphatic heterocycles. The molecular formula is C49H51N3O4S2. The normalized spacial score (nSPS) is 11.7. The second-order valence-corrected chi connectivity index (χ2v) is 16.5. The minimum Gasteiger partial charge on any atom is -0.497 e. The summed E-state index contributed by atoms with van der Waals surface area (Å²) in [6.07, 6.45) is 12.7. The molecule has 6 aromatic rings. The van der Waals surface area contributed by atoms with E-state index in [0.29, 0.717) is 5.92 Å². The zero-order valence-electron chi connectivity index (χ0n) is 34.1. The second-order valence-electron chi connectivity index (χ2n) is 14.4. The van der Waals surface area contributed by atoms with E-state index in [1.54, 1.807) is 25.6 Å². The number of carboxylic acid groups (broad SMARTS) is 1. The van der Waals surface area contributed by atoms with E-state index in [-0.39, 0.29) is 5.57 Å². The molecule has 3 aromatic heterocycles. The molecule has 0 saturated heterocycles. The molecule has 0 radical (unpaired) electrons. The van der Waals surface area contributed by atoms with Crippen LogP contribution in [0.4, 0.5) is 17.1 Å². The van der Waals surface area contributed by atoms with E-state index in [9.17, 15) is 15.2 Å². The van der Waals surface area contributed by atoms with E-state index in [2.05, 4.69) is 116 Å². The summed E-state index contributed by atoms with van der Waals surface area (Å²) in [7, 11) is 5.47. The molecule has 1 N–H and O–H groups in total. The quantitative estimate of drug-likeness (QED) is 0.0687. The minimum absolute atomic E-state index is 0.256. The van der Waals surface area contributed by atoms with Crippen LogP contribution in [0.5, 0.6) is 11.5 Å². The van der Waals surface area contributed by atoms with Crippen LogP contribution in [0.2, 0.25) is 0 Å². The molecule has 58 heavy (non-hydrogen) atoms. The summed E-state index contributed by atoms with van der Waals surface area (Å²) in [5, 5.41) is 18.9. The van der Waals surface area contributed by atoms with Crippen LogP contribution in [0.3, 0.4) is 0 Å². The Labute approximate surface area is 350 Å². The van der Waals surface area contributed by atoms with Crippen molar-refractivity contribution < 1.29 is 19.4 Å². The number of carboxylic acids is 1. The average molecular weight is 810 g/mol. The average Bonchev–Trinajstić information content (AvgIpc) is 3.95.